The minimum absolute atomic E-state index is 0.138. The molecule has 0 bridgehead atoms. The smallest absolute Gasteiger partial charge is 0.224 e. The van der Waals surface area contributed by atoms with Gasteiger partial charge in [0, 0.05) is 19.6 Å². The van der Waals surface area contributed by atoms with E-state index in [1.807, 2.05) is 0 Å². The van der Waals surface area contributed by atoms with Crippen molar-refractivity contribution in [3.8, 4) is 0 Å². The minimum Gasteiger partial charge on any atom is -0.356 e. The number of amides is 1. The number of sulfonamides is 1. The van der Waals surface area contributed by atoms with Crippen molar-refractivity contribution in [1.29, 1.82) is 0 Å². The summed E-state index contributed by atoms with van der Waals surface area (Å²) in [7, 11) is -3.18. The molecule has 0 heterocycles. The van der Waals surface area contributed by atoms with Crippen LogP contribution in [0.5, 0.6) is 0 Å². The van der Waals surface area contributed by atoms with Gasteiger partial charge in [-0.25, -0.2) is 12.7 Å². The van der Waals surface area contributed by atoms with Crippen LogP contribution in [-0.4, -0.2) is 44.5 Å². The van der Waals surface area contributed by atoms with Crippen LogP contribution in [0.1, 0.15) is 18.9 Å². The molecule has 0 saturated carbocycles. The van der Waals surface area contributed by atoms with Crippen LogP contribution in [0.4, 0.5) is 0 Å². The maximum absolute atomic E-state index is 11.8. The lowest BCUT2D eigenvalue weighted by atomic mass is 10.1. The zero-order chi connectivity index (χ0) is 16.8. The lowest BCUT2D eigenvalue weighted by molar-refractivity contribution is -0.120. The van der Waals surface area contributed by atoms with Crippen molar-refractivity contribution in [2.24, 2.45) is 0 Å². The second-order valence-electron chi connectivity index (χ2n) is 4.88. The van der Waals surface area contributed by atoms with E-state index < -0.39 is 10.0 Å². The van der Waals surface area contributed by atoms with Crippen molar-refractivity contribution in [2.75, 3.05) is 25.9 Å². The van der Waals surface area contributed by atoms with E-state index in [9.17, 15) is 13.2 Å². The fourth-order valence-electron chi connectivity index (χ4n) is 1.94. The number of carbonyl (C=O) groups excluding carboxylic acids is 1. The number of rotatable bonds is 8. The predicted molar refractivity (Wildman–Crippen MR) is 89.9 cm³/mol. The van der Waals surface area contributed by atoms with Crippen LogP contribution in [0, 0.1) is 0 Å². The van der Waals surface area contributed by atoms with Crippen molar-refractivity contribution in [3.63, 3.8) is 0 Å². The number of carbonyl (C=O) groups is 1. The summed E-state index contributed by atoms with van der Waals surface area (Å²) in [6.07, 6.45) is 1.95. The Morgan fingerprint density at radius 1 is 1.27 bits per heavy atom. The van der Waals surface area contributed by atoms with Gasteiger partial charge in [0.15, 0.2) is 0 Å². The summed E-state index contributed by atoms with van der Waals surface area (Å²) < 4.78 is 24.2. The normalized spacial score (nSPS) is 11.7. The number of nitrogens with zero attached hydrogens (tertiary/aromatic N) is 1. The second kappa shape index (κ2) is 8.72. The Morgan fingerprint density at radius 3 is 2.50 bits per heavy atom. The zero-order valence-electron chi connectivity index (χ0n) is 12.6. The molecule has 8 heteroatoms. The molecule has 22 heavy (non-hydrogen) atoms. The number of halogens is 2. The van der Waals surface area contributed by atoms with E-state index in [0.29, 0.717) is 36.1 Å². The largest absolute Gasteiger partial charge is 0.356 e. The Morgan fingerprint density at radius 2 is 1.95 bits per heavy atom. The summed E-state index contributed by atoms with van der Waals surface area (Å²) in [5, 5.41) is 3.63. The van der Waals surface area contributed by atoms with Crippen LogP contribution in [-0.2, 0) is 21.2 Å². The second-order valence-corrected chi connectivity index (χ2v) is 7.68. The van der Waals surface area contributed by atoms with Gasteiger partial charge in [0.1, 0.15) is 0 Å². The number of benzene rings is 1. The van der Waals surface area contributed by atoms with E-state index >= 15 is 0 Å². The van der Waals surface area contributed by atoms with Gasteiger partial charge in [0.05, 0.1) is 22.7 Å². The average Bonchev–Trinajstić information content (AvgIpc) is 2.41. The molecule has 1 N–H and O–H groups in total. The summed E-state index contributed by atoms with van der Waals surface area (Å²) in [6.45, 7) is 3.02. The number of hydrogen-bond donors (Lipinski definition) is 1. The monoisotopic (exact) mass is 366 g/mol. The molecule has 0 aliphatic rings. The van der Waals surface area contributed by atoms with Crippen LogP contribution < -0.4 is 5.32 Å². The highest BCUT2D eigenvalue weighted by Gasteiger charge is 2.13. The lowest BCUT2D eigenvalue weighted by Gasteiger charge is -2.17. The minimum atomic E-state index is -3.18. The molecule has 124 valence electrons. The molecule has 0 aromatic heterocycles. The number of nitrogens with one attached hydrogen (secondary N) is 1. The van der Waals surface area contributed by atoms with Crippen molar-refractivity contribution >= 4 is 39.1 Å². The first kappa shape index (κ1) is 19.2. The Labute approximate surface area is 141 Å². The summed E-state index contributed by atoms with van der Waals surface area (Å²) in [5.74, 6) is -0.138. The molecule has 1 amide bonds. The van der Waals surface area contributed by atoms with Gasteiger partial charge in [-0.1, -0.05) is 36.2 Å². The highest BCUT2D eigenvalue weighted by atomic mass is 35.5. The van der Waals surface area contributed by atoms with Crippen molar-refractivity contribution in [1.82, 2.24) is 9.62 Å². The zero-order valence-corrected chi connectivity index (χ0v) is 14.9. The van der Waals surface area contributed by atoms with E-state index in [1.54, 1.807) is 25.1 Å². The maximum atomic E-state index is 11.8. The topological polar surface area (TPSA) is 66.5 Å². The van der Waals surface area contributed by atoms with Crippen LogP contribution in [0.2, 0.25) is 10.0 Å². The van der Waals surface area contributed by atoms with Crippen LogP contribution in [0.25, 0.3) is 0 Å². The molecule has 0 radical (unpaired) electrons. The van der Waals surface area contributed by atoms with E-state index in [0.717, 1.165) is 5.56 Å². The third-order valence-electron chi connectivity index (χ3n) is 3.08. The van der Waals surface area contributed by atoms with Crippen LogP contribution >= 0.6 is 23.2 Å². The quantitative estimate of drug-likeness (QED) is 0.717. The van der Waals surface area contributed by atoms with Crippen molar-refractivity contribution in [3.05, 3.63) is 33.8 Å². The third kappa shape index (κ3) is 6.52. The first-order chi connectivity index (χ1) is 10.2. The molecule has 1 aromatic rings. The molecule has 0 atom stereocenters. The van der Waals surface area contributed by atoms with E-state index in [1.165, 1.54) is 10.6 Å². The fraction of sp³-hybridized carbons (Fsp3) is 0.500. The molecule has 0 saturated heterocycles. The molecule has 0 aliphatic heterocycles. The van der Waals surface area contributed by atoms with Gasteiger partial charge in [-0.05, 0) is 24.1 Å². The Balaban J connectivity index is 2.36. The molecule has 1 rings (SSSR count). The van der Waals surface area contributed by atoms with E-state index in [4.69, 9.17) is 23.2 Å². The summed E-state index contributed by atoms with van der Waals surface area (Å²) >= 11 is 11.7. The van der Waals surface area contributed by atoms with Gasteiger partial charge < -0.3 is 5.32 Å². The third-order valence-corrected chi connectivity index (χ3v) is 5.19. The summed E-state index contributed by atoms with van der Waals surface area (Å²) in [4.78, 5) is 11.8. The van der Waals surface area contributed by atoms with Gasteiger partial charge in [0.2, 0.25) is 15.9 Å². The first-order valence-corrected chi connectivity index (χ1v) is 9.50. The van der Waals surface area contributed by atoms with Crippen molar-refractivity contribution < 1.29 is 13.2 Å². The summed E-state index contributed by atoms with van der Waals surface area (Å²) in [5.41, 5.74) is 0.776. The molecule has 0 spiro atoms. The highest BCUT2D eigenvalue weighted by Crippen LogP contribution is 2.22. The molecule has 0 unspecified atom stereocenters. The van der Waals surface area contributed by atoms with Crippen molar-refractivity contribution in [2.45, 2.75) is 19.8 Å². The van der Waals surface area contributed by atoms with Gasteiger partial charge >= 0.3 is 0 Å². The summed E-state index contributed by atoms with van der Waals surface area (Å²) in [6, 6.07) is 5.06. The van der Waals surface area contributed by atoms with Gasteiger partial charge in [-0.15, -0.1) is 0 Å². The highest BCUT2D eigenvalue weighted by molar-refractivity contribution is 7.88. The fourth-order valence-corrected chi connectivity index (χ4v) is 3.19. The molecular formula is C14H20Cl2N2O3S. The van der Waals surface area contributed by atoms with Crippen LogP contribution in [0.3, 0.4) is 0 Å². The van der Waals surface area contributed by atoms with Gasteiger partial charge in [-0.3, -0.25) is 4.79 Å². The predicted octanol–water partition coefficient (Wildman–Crippen LogP) is 2.32. The average molecular weight is 367 g/mol. The Kier molecular flexibility index (Phi) is 7.62. The SMILES string of the molecule is CCN(CCCNC(=O)Cc1ccc(Cl)c(Cl)c1)S(C)(=O)=O. The van der Waals surface area contributed by atoms with E-state index in [-0.39, 0.29) is 12.3 Å². The molecule has 0 fully saturated rings. The van der Waals surface area contributed by atoms with E-state index in [2.05, 4.69) is 5.32 Å². The lowest BCUT2D eigenvalue weighted by Crippen LogP contribution is -2.33. The Bertz CT molecular complexity index is 621. The van der Waals surface area contributed by atoms with Crippen LogP contribution in [0.15, 0.2) is 18.2 Å². The first-order valence-electron chi connectivity index (χ1n) is 6.89. The van der Waals surface area contributed by atoms with Gasteiger partial charge in [-0.2, -0.15) is 0 Å². The maximum Gasteiger partial charge on any atom is 0.224 e. The standard InChI is InChI=1S/C14H20Cl2N2O3S/c1-3-18(22(2,20)21)8-4-7-17-14(19)10-11-5-6-12(15)13(16)9-11/h5-6,9H,3-4,7-8,10H2,1-2H3,(H,17,19). The van der Waals surface area contributed by atoms with Gasteiger partial charge in [0.25, 0.3) is 0 Å². The Hall–Kier alpha value is -0.820. The molecule has 0 aliphatic carbocycles. The molecular weight excluding hydrogens is 347 g/mol. The molecule has 5 nitrogen and oxygen atoms in total. The number of hydrogen-bond acceptors (Lipinski definition) is 3. The molecule has 1 aromatic carbocycles.